The van der Waals surface area contributed by atoms with E-state index in [9.17, 15) is 13.2 Å². The SMILES string of the molecule is CN(C)CC(C)(C)Cn1c(C(F)(F)F)nc2c1CCNC2. The van der Waals surface area contributed by atoms with Gasteiger partial charge in [-0.05, 0) is 19.5 Å². The standard InChI is InChI=1S/C14H23F3N4/c1-13(2,8-20(3)4)9-21-11-5-6-18-7-10(11)19-12(21)14(15,16)17/h18H,5-9H2,1-4H3. The number of halogens is 3. The van der Waals surface area contributed by atoms with Crippen molar-refractivity contribution in [2.45, 2.75) is 39.5 Å². The van der Waals surface area contributed by atoms with Crippen LogP contribution < -0.4 is 5.32 Å². The van der Waals surface area contributed by atoms with Crippen LogP contribution in [0, 0.1) is 5.41 Å². The van der Waals surface area contributed by atoms with Crippen LogP contribution in [-0.4, -0.2) is 41.6 Å². The second-order valence-electron chi connectivity index (χ2n) is 6.74. The highest BCUT2D eigenvalue weighted by Crippen LogP contribution is 2.33. The molecule has 0 aromatic carbocycles. The molecule has 7 heteroatoms. The van der Waals surface area contributed by atoms with Crippen LogP contribution in [0.2, 0.25) is 0 Å². The number of hydrogen-bond donors (Lipinski definition) is 1. The van der Waals surface area contributed by atoms with E-state index in [0.29, 0.717) is 31.7 Å². The van der Waals surface area contributed by atoms with Gasteiger partial charge < -0.3 is 14.8 Å². The molecule has 4 nitrogen and oxygen atoms in total. The molecule has 0 spiro atoms. The predicted molar refractivity (Wildman–Crippen MR) is 75.0 cm³/mol. The van der Waals surface area contributed by atoms with E-state index in [4.69, 9.17) is 0 Å². The first-order valence-electron chi connectivity index (χ1n) is 7.11. The van der Waals surface area contributed by atoms with Gasteiger partial charge in [-0.25, -0.2) is 4.98 Å². The summed E-state index contributed by atoms with van der Waals surface area (Å²) in [7, 11) is 3.86. The highest BCUT2D eigenvalue weighted by molar-refractivity contribution is 5.22. The van der Waals surface area contributed by atoms with Crippen molar-refractivity contribution >= 4 is 0 Å². The van der Waals surface area contributed by atoms with Crippen LogP contribution in [0.5, 0.6) is 0 Å². The first-order valence-corrected chi connectivity index (χ1v) is 7.11. The van der Waals surface area contributed by atoms with E-state index in [1.807, 2.05) is 32.8 Å². The Kier molecular flexibility index (Phi) is 4.35. The molecule has 0 saturated carbocycles. The largest absolute Gasteiger partial charge is 0.449 e. The van der Waals surface area contributed by atoms with Gasteiger partial charge in [-0.3, -0.25) is 0 Å². The van der Waals surface area contributed by atoms with Gasteiger partial charge in [0.25, 0.3) is 0 Å². The van der Waals surface area contributed by atoms with Crippen molar-refractivity contribution in [2.75, 3.05) is 27.2 Å². The molecule has 0 aliphatic carbocycles. The lowest BCUT2D eigenvalue weighted by Crippen LogP contribution is -2.35. The Morgan fingerprint density at radius 3 is 2.52 bits per heavy atom. The number of imidazole rings is 1. The van der Waals surface area contributed by atoms with Crippen molar-refractivity contribution < 1.29 is 13.2 Å². The molecule has 0 bridgehead atoms. The van der Waals surface area contributed by atoms with Gasteiger partial charge >= 0.3 is 6.18 Å². The monoisotopic (exact) mass is 304 g/mol. The lowest BCUT2D eigenvalue weighted by Gasteiger charge is -2.30. The van der Waals surface area contributed by atoms with Crippen LogP contribution >= 0.6 is 0 Å². The Labute approximate surface area is 123 Å². The number of fused-ring (bicyclic) bond motifs is 1. The molecular formula is C14H23F3N4. The van der Waals surface area contributed by atoms with Crippen molar-refractivity contribution in [1.82, 2.24) is 19.8 Å². The van der Waals surface area contributed by atoms with Gasteiger partial charge in [-0.2, -0.15) is 13.2 Å². The minimum Gasteiger partial charge on any atom is -0.324 e. The number of nitrogens with one attached hydrogen (secondary N) is 1. The molecule has 0 fully saturated rings. The van der Waals surface area contributed by atoms with Crippen LogP contribution in [-0.2, 0) is 25.7 Å². The highest BCUT2D eigenvalue weighted by Gasteiger charge is 2.40. The zero-order valence-electron chi connectivity index (χ0n) is 13.0. The van der Waals surface area contributed by atoms with Crippen LogP contribution in [0.25, 0.3) is 0 Å². The third kappa shape index (κ3) is 3.77. The summed E-state index contributed by atoms with van der Waals surface area (Å²) in [5.41, 5.74) is 1.00. The molecule has 2 heterocycles. The maximum Gasteiger partial charge on any atom is 0.449 e. The minimum atomic E-state index is -4.41. The molecule has 120 valence electrons. The quantitative estimate of drug-likeness (QED) is 0.925. The van der Waals surface area contributed by atoms with Crippen molar-refractivity contribution in [2.24, 2.45) is 5.41 Å². The molecular weight excluding hydrogens is 281 g/mol. The van der Waals surface area contributed by atoms with Crippen LogP contribution in [0.1, 0.15) is 31.1 Å². The van der Waals surface area contributed by atoms with Gasteiger partial charge in [0.05, 0.1) is 5.69 Å². The number of aromatic nitrogens is 2. The van der Waals surface area contributed by atoms with Crippen molar-refractivity contribution in [1.29, 1.82) is 0 Å². The van der Waals surface area contributed by atoms with Gasteiger partial charge in [0.1, 0.15) is 0 Å². The fourth-order valence-electron chi connectivity index (χ4n) is 3.09. The Morgan fingerprint density at radius 1 is 1.29 bits per heavy atom. The molecule has 0 atom stereocenters. The van der Waals surface area contributed by atoms with E-state index in [2.05, 4.69) is 10.3 Å². The number of nitrogens with zero attached hydrogens (tertiary/aromatic N) is 3. The topological polar surface area (TPSA) is 33.1 Å². The third-order valence-corrected chi connectivity index (χ3v) is 3.57. The smallest absolute Gasteiger partial charge is 0.324 e. The number of hydrogen-bond acceptors (Lipinski definition) is 3. The van der Waals surface area contributed by atoms with Crippen molar-refractivity contribution in [3.63, 3.8) is 0 Å². The summed E-state index contributed by atoms with van der Waals surface area (Å²) in [5.74, 6) is -0.761. The van der Waals surface area contributed by atoms with E-state index in [1.54, 1.807) is 0 Å². The van der Waals surface area contributed by atoms with E-state index in [0.717, 1.165) is 12.2 Å². The molecule has 0 unspecified atom stereocenters. The molecule has 1 aliphatic heterocycles. The molecule has 0 radical (unpaired) electrons. The summed E-state index contributed by atoms with van der Waals surface area (Å²) in [5, 5.41) is 3.08. The summed E-state index contributed by atoms with van der Waals surface area (Å²) in [6.07, 6.45) is -3.82. The predicted octanol–water partition coefficient (Wildman–Crippen LogP) is 2.14. The summed E-state index contributed by atoms with van der Waals surface area (Å²) in [6.45, 7) is 6.13. The van der Waals surface area contributed by atoms with Crippen molar-refractivity contribution in [3.8, 4) is 0 Å². The lowest BCUT2D eigenvalue weighted by molar-refractivity contribution is -0.148. The maximum absolute atomic E-state index is 13.3. The second kappa shape index (κ2) is 5.61. The zero-order valence-corrected chi connectivity index (χ0v) is 13.0. The van der Waals surface area contributed by atoms with E-state index < -0.39 is 12.0 Å². The Hall–Kier alpha value is -1.08. The van der Waals surface area contributed by atoms with Crippen molar-refractivity contribution in [3.05, 3.63) is 17.2 Å². The van der Waals surface area contributed by atoms with Crippen LogP contribution in [0.15, 0.2) is 0 Å². The summed E-state index contributed by atoms with van der Waals surface area (Å²) in [4.78, 5) is 5.85. The highest BCUT2D eigenvalue weighted by atomic mass is 19.4. The van der Waals surface area contributed by atoms with E-state index in [1.165, 1.54) is 4.57 Å². The molecule has 1 N–H and O–H groups in total. The Bertz CT molecular complexity index is 503. The van der Waals surface area contributed by atoms with Gasteiger partial charge in [0.2, 0.25) is 5.82 Å². The molecule has 21 heavy (non-hydrogen) atoms. The molecule has 0 amide bonds. The average Bonchev–Trinajstić information content (AvgIpc) is 2.66. The Morgan fingerprint density at radius 2 is 1.95 bits per heavy atom. The fourth-order valence-corrected chi connectivity index (χ4v) is 3.09. The average molecular weight is 304 g/mol. The third-order valence-electron chi connectivity index (χ3n) is 3.57. The first-order chi connectivity index (χ1) is 9.60. The molecule has 1 aliphatic rings. The zero-order chi connectivity index (χ0) is 15.8. The normalized spacial score (nSPS) is 16.4. The first kappa shape index (κ1) is 16.3. The molecule has 0 saturated heterocycles. The fraction of sp³-hybridized carbons (Fsp3) is 0.786. The van der Waals surface area contributed by atoms with Crippen LogP contribution in [0.4, 0.5) is 13.2 Å². The van der Waals surface area contributed by atoms with Crippen LogP contribution in [0.3, 0.4) is 0 Å². The summed E-state index contributed by atoms with van der Waals surface area (Å²) < 4.78 is 41.2. The molecule has 1 aromatic rings. The second-order valence-corrected chi connectivity index (χ2v) is 6.74. The van der Waals surface area contributed by atoms with Gasteiger partial charge in [0, 0.05) is 38.3 Å². The van der Waals surface area contributed by atoms with Gasteiger partial charge in [-0.15, -0.1) is 0 Å². The van der Waals surface area contributed by atoms with E-state index in [-0.39, 0.29) is 5.41 Å². The lowest BCUT2D eigenvalue weighted by atomic mass is 9.92. The number of rotatable bonds is 4. The van der Waals surface area contributed by atoms with E-state index >= 15 is 0 Å². The molecule has 1 aromatic heterocycles. The Balaban J connectivity index is 2.39. The summed E-state index contributed by atoms with van der Waals surface area (Å²) >= 11 is 0. The molecule has 2 rings (SSSR count). The number of alkyl halides is 3. The minimum absolute atomic E-state index is 0.261. The summed E-state index contributed by atoms with van der Waals surface area (Å²) in [6, 6.07) is 0. The van der Waals surface area contributed by atoms with Gasteiger partial charge in [0.15, 0.2) is 0 Å². The maximum atomic E-state index is 13.3. The van der Waals surface area contributed by atoms with Gasteiger partial charge in [-0.1, -0.05) is 13.8 Å².